The maximum atomic E-state index is 12.7. The van der Waals surface area contributed by atoms with Crippen molar-refractivity contribution in [1.82, 2.24) is 4.31 Å². The Labute approximate surface area is 152 Å². The number of halogens is 4. The maximum absolute atomic E-state index is 12.7. The summed E-state index contributed by atoms with van der Waals surface area (Å²) in [4.78, 5) is 0.390. The van der Waals surface area contributed by atoms with E-state index in [2.05, 4.69) is 38.8 Å². The molecule has 2 rings (SSSR count). The molecule has 0 saturated carbocycles. The Morgan fingerprint density at radius 3 is 2.14 bits per heavy atom. The monoisotopic (exact) mass is 477 g/mol. The predicted octanol–water partition coefficient (Wildman–Crippen LogP) is 4.94. The Morgan fingerprint density at radius 1 is 1.24 bits per heavy atom. The van der Waals surface area contributed by atoms with Gasteiger partial charge in [0.25, 0.3) is 0 Å². The van der Waals surface area contributed by atoms with Gasteiger partial charge in [0.1, 0.15) is 4.90 Å². The number of sulfonamides is 1. The van der Waals surface area contributed by atoms with Crippen molar-refractivity contribution in [2.24, 2.45) is 5.92 Å². The molecule has 1 aromatic carbocycles. The molecule has 1 heterocycles. The van der Waals surface area contributed by atoms with Gasteiger partial charge in [-0.25, -0.2) is 8.42 Å². The first-order chi connectivity index (χ1) is 9.73. The Bertz CT molecular complexity index is 606. The number of alkyl halides is 1. The van der Waals surface area contributed by atoms with E-state index >= 15 is 0 Å². The third kappa shape index (κ3) is 3.96. The zero-order valence-electron chi connectivity index (χ0n) is 11.3. The molecule has 21 heavy (non-hydrogen) atoms. The molecular formula is C13H15Br2Cl2NO2S. The fourth-order valence-electron chi connectivity index (χ4n) is 2.48. The molecule has 3 nitrogen and oxygen atoms in total. The molecule has 1 aliphatic heterocycles. The quantitative estimate of drug-likeness (QED) is 0.576. The van der Waals surface area contributed by atoms with Crippen LogP contribution in [0.2, 0.25) is 10.0 Å². The second-order valence-electron chi connectivity index (χ2n) is 5.12. The molecule has 0 radical (unpaired) electrons. The van der Waals surface area contributed by atoms with Crippen molar-refractivity contribution in [3.8, 4) is 0 Å². The number of hydrogen-bond acceptors (Lipinski definition) is 2. The molecule has 1 fully saturated rings. The molecule has 0 aliphatic carbocycles. The van der Waals surface area contributed by atoms with Crippen LogP contribution in [0.3, 0.4) is 0 Å². The lowest BCUT2D eigenvalue weighted by Gasteiger charge is -2.32. The van der Waals surface area contributed by atoms with Crippen LogP contribution in [0.4, 0.5) is 0 Å². The van der Waals surface area contributed by atoms with Crippen molar-refractivity contribution in [2.75, 3.05) is 13.1 Å². The third-order valence-corrected chi connectivity index (χ3v) is 7.74. The van der Waals surface area contributed by atoms with Gasteiger partial charge in [0.2, 0.25) is 10.0 Å². The molecular weight excluding hydrogens is 465 g/mol. The second kappa shape index (κ2) is 7.05. The number of hydrogen-bond donors (Lipinski definition) is 0. The summed E-state index contributed by atoms with van der Waals surface area (Å²) >= 11 is 19.0. The maximum Gasteiger partial charge on any atom is 0.246 e. The predicted molar refractivity (Wildman–Crippen MR) is 94.0 cm³/mol. The van der Waals surface area contributed by atoms with Crippen molar-refractivity contribution in [3.63, 3.8) is 0 Å². The first-order valence-electron chi connectivity index (χ1n) is 6.52. The highest BCUT2D eigenvalue weighted by Crippen LogP contribution is 2.36. The summed E-state index contributed by atoms with van der Waals surface area (Å²) < 4.78 is 27.6. The van der Waals surface area contributed by atoms with Crippen LogP contribution >= 0.6 is 55.1 Å². The number of benzene rings is 1. The number of nitrogens with zero attached hydrogens (tertiary/aromatic N) is 1. The Morgan fingerprint density at radius 2 is 1.71 bits per heavy atom. The van der Waals surface area contributed by atoms with E-state index in [1.165, 1.54) is 4.31 Å². The normalized spacial score (nSPS) is 19.7. The van der Waals surface area contributed by atoms with Gasteiger partial charge in [0.05, 0.1) is 10.0 Å². The van der Waals surface area contributed by atoms with Crippen LogP contribution < -0.4 is 0 Å². The van der Waals surface area contributed by atoms with Crippen LogP contribution in [0.5, 0.6) is 0 Å². The molecule has 1 atom stereocenters. The van der Waals surface area contributed by atoms with Crippen molar-refractivity contribution < 1.29 is 8.42 Å². The topological polar surface area (TPSA) is 37.4 Å². The highest BCUT2D eigenvalue weighted by atomic mass is 79.9. The van der Waals surface area contributed by atoms with Crippen LogP contribution in [0.1, 0.15) is 19.8 Å². The lowest BCUT2D eigenvalue weighted by atomic mass is 9.96. The van der Waals surface area contributed by atoms with Crippen LogP contribution in [0.25, 0.3) is 0 Å². The molecule has 1 saturated heterocycles. The summed E-state index contributed by atoms with van der Waals surface area (Å²) in [6.45, 7) is 3.08. The summed E-state index contributed by atoms with van der Waals surface area (Å²) in [6, 6.07) is 3.10. The zero-order chi connectivity index (χ0) is 15.8. The first-order valence-corrected chi connectivity index (χ1v) is 10.4. The van der Waals surface area contributed by atoms with E-state index in [0.29, 0.717) is 28.3 Å². The van der Waals surface area contributed by atoms with E-state index in [4.69, 9.17) is 23.2 Å². The molecule has 1 aromatic rings. The van der Waals surface area contributed by atoms with E-state index in [1.807, 2.05) is 0 Å². The van der Waals surface area contributed by atoms with Gasteiger partial charge in [-0.1, -0.05) is 62.0 Å². The molecule has 1 aliphatic rings. The molecule has 0 N–H and O–H groups in total. The number of piperidine rings is 1. The van der Waals surface area contributed by atoms with Crippen LogP contribution in [0.15, 0.2) is 21.5 Å². The molecule has 1 unspecified atom stereocenters. The van der Waals surface area contributed by atoms with Crippen molar-refractivity contribution in [2.45, 2.75) is 29.5 Å². The molecule has 0 aromatic heterocycles. The van der Waals surface area contributed by atoms with E-state index in [9.17, 15) is 8.42 Å². The number of rotatable bonds is 3. The van der Waals surface area contributed by atoms with Crippen molar-refractivity contribution in [1.29, 1.82) is 0 Å². The summed E-state index contributed by atoms with van der Waals surface area (Å²) in [7, 11) is -3.66. The van der Waals surface area contributed by atoms with E-state index < -0.39 is 10.0 Å². The van der Waals surface area contributed by atoms with Crippen LogP contribution in [-0.2, 0) is 10.0 Å². The zero-order valence-corrected chi connectivity index (χ0v) is 16.8. The van der Waals surface area contributed by atoms with Crippen molar-refractivity contribution in [3.05, 3.63) is 26.7 Å². The van der Waals surface area contributed by atoms with Gasteiger partial charge in [-0.05, 0) is 30.9 Å². The van der Waals surface area contributed by atoms with E-state index in [1.54, 1.807) is 12.1 Å². The molecule has 0 spiro atoms. The van der Waals surface area contributed by atoms with Gasteiger partial charge in [-0.2, -0.15) is 4.31 Å². The van der Waals surface area contributed by atoms with Crippen molar-refractivity contribution >= 4 is 65.1 Å². The average Bonchev–Trinajstić information content (AvgIpc) is 2.37. The lowest BCUT2D eigenvalue weighted by Crippen LogP contribution is -2.40. The molecule has 8 heteroatoms. The molecule has 0 amide bonds. The standard InChI is InChI=1S/C13H15Br2Cl2NO2S/c1-8(14)9-2-4-18(5-3-9)21(19,20)13-11(16)6-10(15)7-12(13)17/h6-9H,2-5H2,1H3. The summed E-state index contributed by atoms with van der Waals surface area (Å²) in [5.41, 5.74) is 0. The van der Waals surface area contributed by atoms with Gasteiger partial charge in [-0.3, -0.25) is 0 Å². The summed E-state index contributed by atoms with van der Waals surface area (Å²) in [5.74, 6) is 0.493. The van der Waals surface area contributed by atoms with Gasteiger partial charge >= 0.3 is 0 Å². The highest BCUT2D eigenvalue weighted by Gasteiger charge is 2.33. The third-order valence-electron chi connectivity index (χ3n) is 3.71. The smallest absolute Gasteiger partial charge is 0.207 e. The van der Waals surface area contributed by atoms with Crippen LogP contribution in [0, 0.1) is 5.92 Å². The van der Waals surface area contributed by atoms with Gasteiger partial charge < -0.3 is 0 Å². The summed E-state index contributed by atoms with van der Waals surface area (Å²) in [6.07, 6.45) is 1.66. The average molecular weight is 480 g/mol. The SMILES string of the molecule is CC(Br)C1CCN(S(=O)(=O)c2c(Cl)cc(Br)cc2Cl)CC1. The fraction of sp³-hybridized carbons (Fsp3) is 0.538. The summed E-state index contributed by atoms with van der Waals surface area (Å²) in [5, 5.41) is 0.288. The minimum atomic E-state index is -3.66. The Hall–Kier alpha value is 0.670. The van der Waals surface area contributed by atoms with Gasteiger partial charge in [-0.15, -0.1) is 0 Å². The highest BCUT2D eigenvalue weighted by molar-refractivity contribution is 9.10. The first kappa shape index (κ1) is 18.0. The Kier molecular flexibility index (Phi) is 6.05. The van der Waals surface area contributed by atoms with Gasteiger partial charge in [0, 0.05) is 22.4 Å². The minimum Gasteiger partial charge on any atom is -0.207 e. The van der Waals surface area contributed by atoms with Gasteiger partial charge in [0.15, 0.2) is 0 Å². The lowest BCUT2D eigenvalue weighted by molar-refractivity contribution is 0.275. The minimum absolute atomic E-state index is 0.000580. The molecule has 118 valence electrons. The fourth-order valence-corrected chi connectivity index (χ4v) is 6.36. The van der Waals surface area contributed by atoms with Crippen LogP contribution in [-0.4, -0.2) is 30.6 Å². The van der Waals surface area contributed by atoms with E-state index in [0.717, 1.165) is 12.8 Å². The Balaban J connectivity index is 2.28. The van der Waals surface area contributed by atoms with E-state index in [-0.39, 0.29) is 14.9 Å². The second-order valence-corrected chi connectivity index (χ2v) is 10.2. The molecule has 0 bridgehead atoms. The largest absolute Gasteiger partial charge is 0.246 e.